The highest BCUT2D eigenvalue weighted by atomic mass is 35.5. The number of halogens is 1. The van der Waals surface area contributed by atoms with Gasteiger partial charge in [-0.25, -0.2) is 4.79 Å². The summed E-state index contributed by atoms with van der Waals surface area (Å²) < 4.78 is 4.82. The van der Waals surface area contributed by atoms with Gasteiger partial charge in [0.05, 0.1) is 5.92 Å². The van der Waals surface area contributed by atoms with Gasteiger partial charge in [-0.15, -0.1) is 11.6 Å². The van der Waals surface area contributed by atoms with Gasteiger partial charge >= 0.3 is 5.97 Å². The number of carbonyl (C=O) groups excluding carboxylic acids is 2. The zero-order valence-corrected chi connectivity index (χ0v) is 7.00. The molecule has 2 aliphatic heterocycles. The number of fused-ring (bicyclic) bond motifs is 1. The van der Waals surface area contributed by atoms with E-state index in [2.05, 4.69) is 5.32 Å². The Morgan fingerprint density at radius 3 is 2.75 bits per heavy atom. The SMILES string of the molecule is O=C1N[C@H]2C(=O)O[C@H]2[C@H]1CCCl. The van der Waals surface area contributed by atoms with Crippen LogP contribution in [0, 0.1) is 5.92 Å². The summed E-state index contributed by atoms with van der Waals surface area (Å²) >= 11 is 5.50. The maximum atomic E-state index is 11.2. The molecule has 3 atom stereocenters. The van der Waals surface area contributed by atoms with Gasteiger partial charge in [0, 0.05) is 5.88 Å². The highest BCUT2D eigenvalue weighted by molar-refractivity contribution is 6.18. The molecule has 0 saturated carbocycles. The number of rotatable bonds is 2. The minimum absolute atomic E-state index is 0.114. The monoisotopic (exact) mass is 189 g/mol. The first kappa shape index (κ1) is 7.86. The number of nitrogens with one attached hydrogen (secondary N) is 1. The number of carbonyl (C=O) groups is 2. The first-order valence-corrected chi connectivity index (χ1v) is 4.34. The lowest BCUT2D eigenvalue weighted by Crippen LogP contribution is -2.53. The van der Waals surface area contributed by atoms with Crippen LogP contribution in [0.5, 0.6) is 0 Å². The molecule has 2 aliphatic rings. The molecule has 0 aromatic carbocycles. The van der Waals surface area contributed by atoms with Gasteiger partial charge in [0.25, 0.3) is 0 Å². The summed E-state index contributed by atoms with van der Waals surface area (Å²) in [6, 6.07) is -0.397. The summed E-state index contributed by atoms with van der Waals surface area (Å²) in [5, 5.41) is 2.57. The second-order valence-electron chi connectivity index (χ2n) is 2.97. The van der Waals surface area contributed by atoms with E-state index in [0.717, 1.165) is 0 Å². The molecule has 0 aromatic heterocycles. The van der Waals surface area contributed by atoms with Crippen LogP contribution in [0.1, 0.15) is 6.42 Å². The van der Waals surface area contributed by atoms with Gasteiger partial charge < -0.3 is 10.1 Å². The fourth-order valence-electron chi connectivity index (χ4n) is 1.62. The summed E-state index contributed by atoms with van der Waals surface area (Å²) in [5.74, 6) is -0.258. The van der Waals surface area contributed by atoms with E-state index in [0.29, 0.717) is 12.3 Å². The van der Waals surface area contributed by atoms with Crippen LogP contribution in [0.3, 0.4) is 0 Å². The molecule has 0 unspecified atom stereocenters. The summed E-state index contributed by atoms with van der Waals surface area (Å²) in [6.45, 7) is 0. The minimum Gasteiger partial charge on any atom is -0.457 e. The Kier molecular flexibility index (Phi) is 1.72. The van der Waals surface area contributed by atoms with E-state index in [9.17, 15) is 9.59 Å². The van der Waals surface area contributed by atoms with E-state index in [-0.39, 0.29) is 23.9 Å². The van der Waals surface area contributed by atoms with Crippen LogP contribution in [0.2, 0.25) is 0 Å². The van der Waals surface area contributed by atoms with E-state index >= 15 is 0 Å². The van der Waals surface area contributed by atoms with Crippen molar-refractivity contribution in [3.05, 3.63) is 0 Å². The van der Waals surface area contributed by atoms with E-state index in [4.69, 9.17) is 16.3 Å². The van der Waals surface area contributed by atoms with Crippen LogP contribution in [-0.2, 0) is 14.3 Å². The molecular weight excluding hydrogens is 182 g/mol. The van der Waals surface area contributed by atoms with Crippen molar-refractivity contribution < 1.29 is 14.3 Å². The molecule has 0 spiro atoms. The third kappa shape index (κ3) is 0.909. The number of esters is 1. The number of amides is 1. The number of hydrogen-bond donors (Lipinski definition) is 1. The standard InChI is InChI=1S/C7H8ClNO3/c8-2-1-3-5-4(7(11)12-5)9-6(3)10/h3-5H,1-2H2,(H,9,10)/t3-,4-,5+/m1/s1. The number of hydrogen-bond acceptors (Lipinski definition) is 3. The van der Waals surface area contributed by atoms with E-state index < -0.39 is 6.04 Å². The molecule has 4 nitrogen and oxygen atoms in total. The molecule has 0 aliphatic carbocycles. The van der Waals surface area contributed by atoms with Crippen molar-refractivity contribution in [3.63, 3.8) is 0 Å². The van der Waals surface area contributed by atoms with E-state index in [1.165, 1.54) is 0 Å². The molecule has 0 radical (unpaired) electrons. The molecule has 5 heteroatoms. The van der Waals surface area contributed by atoms with Crippen LogP contribution < -0.4 is 5.32 Å². The smallest absolute Gasteiger partial charge is 0.332 e. The maximum absolute atomic E-state index is 11.2. The van der Waals surface area contributed by atoms with Gasteiger partial charge in [-0.05, 0) is 6.42 Å². The predicted molar refractivity (Wildman–Crippen MR) is 40.6 cm³/mol. The Hall–Kier alpha value is -0.770. The Morgan fingerprint density at radius 1 is 1.50 bits per heavy atom. The molecule has 2 fully saturated rings. The quantitative estimate of drug-likeness (QED) is 0.478. The van der Waals surface area contributed by atoms with Gasteiger partial charge in [0.2, 0.25) is 5.91 Å². The molecule has 12 heavy (non-hydrogen) atoms. The van der Waals surface area contributed by atoms with Crippen molar-refractivity contribution >= 4 is 23.5 Å². The van der Waals surface area contributed by atoms with Gasteiger partial charge in [0.1, 0.15) is 6.10 Å². The molecule has 0 bridgehead atoms. The average molecular weight is 190 g/mol. The molecule has 0 aromatic rings. The van der Waals surface area contributed by atoms with E-state index in [1.54, 1.807) is 0 Å². The zero-order valence-electron chi connectivity index (χ0n) is 6.25. The van der Waals surface area contributed by atoms with Gasteiger partial charge in [-0.1, -0.05) is 0 Å². The first-order valence-electron chi connectivity index (χ1n) is 3.81. The molecule has 66 valence electrons. The second kappa shape index (κ2) is 2.62. The first-order chi connectivity index (χ1) is 5.74. The number of alkyl halides is 1. The van der Waals surface area contributed by atoms with Crippen LogP contribution in [0.4, 0.5) is 0 Å². The fraction of sp³-hybridized carbons (Fsp3) is 0.714. The highest BCUT2D eigenvalue weighted by Gasteiger charge is 2.55. The lowest BCUT2D eigenvalue weighted by Gasteiger charge is -2.30. The van der Waals surface area contributed by atoms with Crippen LogP contribution in [0.25, 0.3) is 0 Å². The molecule has 2 rings (SSSR count). The topological polar surface area (TPSA) is 55.4 Å². The lowest BCUT2D eigenvalue weighted by molar-refractivity contribution is -0.175. The summed E-state index contributed by atoms with van der Waals surface area (Å²) in [7, 11) is 0. The van der Waals surface area contributed by atoms with Crippen LogP contribution in [-0.4, -0.2) is 29.9 Å². The molecular formula is C7H8ClNO3. The normalized spacial score (nSPS) is 38.2. The van der Waals surface area contributed by atoms with E-state index in [1.807, 2.05) is 0 Å². The zero-order chi connectivity index (χ0) is 8.72. The van der Waals surface area contributed by atoms with Crippen LogP contribution >= 0.6 is 11.6 Å². The summed E-state index contributed by atoms with van der Waals surface area (Å²) in [5.41, 5.74) is 0. The fourth-order valence-corrected chi connectivity index (χ4v) is 1.85. The van der Waals surface area contributed by atoms with Gasteiger partial charge in [0.15, 0.2) is 6.04 Å². The minimum atomic E-state index is -0.397. The maximum Gasteiger partial charge on any atom is 0.332 e. The Labute approximate surface area is 74.2 Å². The lowest BCUT2D eigenvalue weighted by atomic mass is 9.95. The van der Waals surface area contributed by atoms with Crippen molar-refractivity contribution in [1.29, 1.82) is 0 Å². The summed E-state index contributed by atoms with van der Waals surface area (Å²) in [4.78, 5) is 21.9. The predicted octanol–water partition coefficient (Wildman–Crippen LogP) is -0.345. The molecule has 2 heterocycles. The highest BCUT2D eigenvalue weighted by Crippen LogP contribution is 2.31. The average Bonchev–Trinajstić information content (AvgIpc) is 2.28. The Balaban J connectivity index is 2.07. The van der Waals surface area contributed by atoms with Crippen LogP contribution in [0.15, 0.2) is 0 Å². The largest absolute Gasteiger partial charge is 0.457 e. The van der Waals surface area contributed by atoms with Crippen molar-refractivity contribution in [3.8, 4) is 0 Å². The van der Waals surface area contributed by atoms with Crippen molar-refractivity contribution in [2.75, 3.05) is 5.88 Å². The second-order valence-corrected chi connectivity index (χ2v) is 3.35. The van der Waals surface area contributed by atoms with Crippen molar-refractivity contribution in [2.45, 2.75) is 18.6 Å². The molecule has 1 N–H and O–H groups in total. The molecule has 1 amide bonds. The third-order valence-electron chi connectivity index (χ3n) is 2.29. The van der Waals surface area contributed by atoms with Gasteiger partial charge in [-0.2, -0.15) is 0 Å². The van der Waals surface area contributed by atoms with Crippen molar-refractivity contribution in [2.24, 2.45) is 5.92 Å². The Morgan fingerprint density at radius 2 is 2.25 bits per heavy atom. The summed E-state index contributed by atoms with van der Waals surface area (Å²) in [6.07, 6.45) is 0.311. The van der Waals surface area contributed by atoms with Crippen molar-refractivity contribution in [1.82, 2.24) is 5.32 Å². The molecule has 2 saturated heterocycles. The Bertz CT molecular complexity index is 243. The van der Waals surface area contributed by atoms with Gasteiger partial charge in [-0.3, -0.25) is 4.79 Å². The third-order valence-corrected chi connectivity index (χ3v) is 2.50. The number of ether oxygens (including phenoxy) is 1.